The van der Waals surface area contributed by atoms with Crippen LogP contribution in [0, 0.1) is 0 Å². The highest BCUT2D eigenvalue weighted by Gasteiger charge is 2.23. The highest BCUT2D eigenvalue weighted by molar-refractivity contribution is 7.99. The third kappa shape index (κ3) is 3.48. The summed E-state index contributed by atoms with van der Waals surface area (Å²) >= 11 is 1.74. The number of ether oxygens (including phenoxy) is 1. The van der Waals surface area contributed by atoms with Gasteiger partial charge in [0.1, 0.15) is 0 Å². The number of carbonyl (C=O) groups is 1. The minimum Gasteiger partial charge on any atom is -0.375 e. The number of hydrogen-bond acceptors (Lipinski definition) is 4. The summed E-state index contributed by atoms with van der Waals surface area (Å²) in [6.45, 7) is 0.502. The number of rotatable bonds is 5. The molecule has 0 bridgehead atoms. The second-order valence-corrected chi connectivity index (χ2v) is 5.18. The first-order chi connectivity index (χ1) is 8.81. The van der Waals surface area contributed by atoms with Gasteiger partial charge >= 0.3 is 0 Å². The van der Waals surface area contributed by atoms with Crippen LogP contribution in [0.1, 0.15) is 11.7 Å². The van der Waals surface area contributed by atoms with Gasteiger partial charge in [-0.1, -0.05) is 30.3 Å². The Hall–Kier alpha value is -1.04. The average Bonchev–Trinajstić information content (AvgIpc) is 2.94. The van der Waals surface area contributed by atoms with Crippen LogP contribution in [0.25, 0.3) is 0 Å². The van der Waals surface area contributed by atoms with Crippen molar-refractivity contribution in [3.63, 3.8) is 0 Å². The van der Waals surface area contributed by atoms with E-state index in [0.717, 1.165) is 17.2 Å². The molecule has 2 rings (SSSR count). The first kappa shape index (κ1) is 13.4. The maximum atomic E-state index is 11.9. The number of benzene rings is 1. The summed E-state index contributed by atoms with van der Waals surface area (Å²) in [5.74, 6) is 1.75. The van der Waals surface area contributed by atoms with Crippen LogP contribution < -0.4 is 10.6 Å². The second kappa shape index (κ2) is 6.78. The Bertz CT molecular complexity index is 380. The number of nitrogens with one attached hydrogen (secondary N) is 2. The molecular weight excluding hydrogens is 248 g/mol. The predicted octanol–water partition coefficient (Wildman–Crippen LogP) is 1.15. The molecule has 1 aliphatic heterocycles. The monoisotopic (exact) mass is 266 g/mol. The molecule has 0 aromatic heterocycles. The van der Waals surface area contributed by atoms with E-state index >= 15 is 0 Å². The lowest BCUT2D eigenvalue weighted by atomic mass is 10.1. The van der Waals surface area contributed by atoms with Crippen LogP contribution in [0.2, 0.25) is 0 Å². The number of thioether (sulfide) groups is 1. The smallest absolute Gasteiger partial charge is 0.238 e. The zero-order valence-corrected chi connectivity index (χ0v) is 11.2. The largest absolute Gasteiger partial charge is 0.375 e. The Morgan fingerprint density at radius 1 is 1.56 bits per heavy atom. The molecule has 1 aromatic rings. The molecule has 1 fully saturated rings. The Morgan fingerprint density at radius 3 is 2.94 bits per heavy atom. The normalized spacial score (nSPS) is 20.6. The molecule has 1 saturated heterocycles. The molecule has 2 atom stereocenters. The van der Waals surface area contributed by atoms with Gasteiger partial charge in [0.15, 0.2) is 0 Å². The van der Waals surface area contributed by atoms with E-state index in [4.69, 9.17) is 4.74 Å². The van der Waals surface area contributed by atoms with Gasteiger partial charge in [0, 0.05) is 25.3 Å². The Kier molecular flexibility index (Phi) is 5.04. The molecule has 98 valence electrons. The van der Waals surface area contributed by atoms with E-state index in [2.05, 4.69) is 10.6 Å². The van der Waals surface area contributed by atoms with Gasteiger partial charge in [0.05, 0.1) is 12.1 Å². The molecule has 18 heavy (non-hydrogen) atoms. The quantitative estimate of drug-likeness (QED) is 0.839. The van der Waals surface area contributed by atoms with Crippen LogP contribution in [0.15, 0.2) is 30.3 Å². The summed E-state index contributed by atoms with van der Waals surface area (Å²) in [6, 6.07) is 9.85. The van der Waals surface area contributed by atoms with E-state index in [9.17, 15) is 4.79 Å². The second-order valence-electron chi connectivity index (χ2n) is 4.15. The lowest BCUT2D eigenvalue weighted by Gasteiger charge is -2.18. The van der Waals surface area contributed by atoms with Crippen molar-refractivity contribution in [3.8, 4) is 0 Å². The SMILES string of the molecule is COC(CNC(=O)C1CSCN1)c1ccccc1. The fourth-order valence-corrected chi connectivity index (χ4v) is 2.83. The molecule has 1 heterocycles. The number of carbonyl (C=O) groups excluding carboxylic acids is 1. The summed E-state index contributed by atoms with van der Waals surface area (Å²) in [5.41, 5.74) is 1.08. The van der Waals surface area contributed by atoms with Gasteiger partial charge in [-0.25, -0.2) is 0 Å². The Morgan fingerprint density at radius 2 is 2.33 bits per heavy atom. The summed E-state index contributed by atoms with van der Waals surface area (Å²) < 4.78 is 5.41. The van der Waals surface area contributed by atoms with E-state index < -0.39 is 0 Å². The maximum absolute atomic E-state index is 11.9. The third-order valence-corrected chi connectivity index (χ3v) is 3.89. The molecule has 2 unspecified atom stereocenters. The van der Waals surface area contributed by atoms with Crippen molar-refractivity contribution in [1.29, 1.82) is 0 Å². The first-order valence-electron chi connectivity index (χ1n) is 5.98. The van der Waals surface area contributed by atoms with Crippen molar-refractivity contribution in [3.05, 3.63) is 35.9 Å². The molecule has 1 aromatic carbocycles. The number of methoxy groups -OCH3 is 1. The summed E-state index contributed by atoms with van der Waals surface area (Å²) in [7, 11) is 1.66. The molecule has 1 aliphatic rings. The Balaban J connectivity index is 1.85. The molecule has 0 aliphatic carbocycles. The van der Waals surface area contributed by atoms with Crippen molar-refractivity contribution >= 4 is 17.7 Å². The first-order valence-corrected chi connectivity index (χ1v) is 7.13. The van der Waals surface area contributed by atoms with Gasteiger partial charge in [-0.3, -0.25) is 10.1 Å². The van der Waals surface area contributed by atoms with Crippen LogP contribution in [-0.2, 0) is 9.53 Å². The van der Waals surface area contributed by atoms with E-state index in [1.165, 1.54) is 0 Å². The molecule has 5 heteroatoms. The van der Waals surface area contributed by atoms with Crippen molar-refractivity contribution in [1.82, 2.24) is 10.6 Å². The van der Waals surface area contributed by atoms with Crippen LogP contribution in [0.4, 0.5) is 0 Å². The van der Waals surface area contributed by atoms with Crippen molar-refractivity contribution in [2.75, 3.05) is 25.3 Å². The highest BCUT2D eigenvalue weighted by Crippen LogP contribution is 2.15. The van der Waals surface area contributed by atoms with Gasteiger partial charge in [-0.15, -0.1) is 11.8 Å². The molecule has 1 amide bonds. The van der Waals surface area contributed by atoms with Crippen LogP contribution in [-0.4, -0.2) is 37.2 Å². The van der Waals surface area contributed by atoms with E-state index in [0.29, 0.717) is 6.54 Å². The zero-order valence-electron chi connectivity index (χ0n) is 10.4. The maximum Gasteiger partial charge on any atom is 0.238 e. The van der Waals surface area contributed by atoms with Crippen LogP contribution in [0.3, 0.4) is 0 Å². The molecule has 4 nitrogen and oxygen atoms in total. The lowest BCUT2D eigenvalue weighted by molar-refractivity contribution is -0.123. The third-order valence-electron chi connectivity index (χ3n) is 2.95. The fraction of sp³-hybridized carbons (Fsp3) is 0.462. The topological polar surface area (TPSA) is 50.4 Å². The summed E-state index contributed by atoms with van der Waals surface area (Å²) in [6.07, 6.45) is -0.0933. The van der Waals surface area contributed by atoms with E-state index in [1.54, 1.807) is 18.9 Å². The minimum absolute atomic E-state index is 0.0537. The standard InChI is InChI=1S/C13H18N2O2S/c1-17-12(10-5-3-2-4-6-10)7-14-13(16)11-8-18-9-15-11/h2-6,11-12,15H,7-9H2,1H3,(H,14,16). The zero-order chi connectivity index (χ0) is 12.8. The lowest BCUT2D eigenvalue weighted by Crippen LogP contribution is -2.43. The van der Waals surface area contributed by atoms with Gasteiger partial charge in [-0.2, -0.15) is 0 Å². The van der Waals surface area contributed by atoms with Gasteiger partial charge in [-0.05, 0) is 5.56 Å². The summed E-state index contributed by atoms with van der Waals surface area (Å²) in [5, 5.41) is 6.08. The number of hydrogen-bond donors (Lipinski definition) is 2. The minimum atomic E-state index is -0.0933. The van der Waals surface area contributed by atoms with Gasteiger partial charge in [0.2, 0.25) is 5.91 Å². The van der Waals surface area contributed by atoms with Crippen LogP contribution >= 0.6 is 11.8 Å². The van der Waals surface area contributed by atoms with Gasteiger partial charge < -0.3 is 10.1 Å². The van der Waals surface area contributed by atoms with E-state index in [-0.39, 0.29) is 18.1 Å². The van der Waals surface area contributed by atoms with Crippen molar-refractivity contribution in [2.24, 2.45) is 0 Å². The molecule has 2 N–H and O–H groups in total. The highest BCUT2D eigenvalue weighted by atomic mass is 32.2. The molecular formula is C13H18N2O2S. The van der Waals surface area contributed by atoms with Crippen LogP contribution in [0.5, 0.6) is 0 Å². The summed E-state index contributed by atoms with van der Waals surface area (Å²) in [4.78, 5) is 11.9. The molecule has 0 saturated carbocycles. The Labute approximate surface area is 111 Å². The van der Waals surface area contributed by atoms with Crippen molar-refractivity contribution < 1.29 is 9.53 Å². The predicted molar refractivity (Wildman–Crippen MR) is 73.5 cm³/mol. The average molecular weight is 266 g/mol. The molecule has 0 radical (unpaired) electrons. The number of amides is 1. The van der Waals surface area contributed by atoms with Gasteiger partial charge in [0.25, 0.3) is 0 Å². The van der Waals surface area contributed by atoms with Crippen molar-refractivity contribution in [2.45, 2.75) is 12.1 Å². The molecule has 0 spiro atoms. The fourth-order valence-electron chi connectivity index (χ4n) is 1.89. The van der Waals surface area contributed by atoms with E-state index in [1.807, 2.05) is 30.3 Å².